The minimum atomic E-state index is -0.0175. The number of fused-ring (bicyclic) bond motifs is 1. The number of aliphatic hydroxyl groups is 1. The van der Waals surface area contributed by atoms with E-state index < -0.39 is 0 Å². The van der Waals surface area contributed by atoms with Crippen LogP contribution in [0.4, 0.5) is 0 Å². The van der Waals surface area contributed by atoms with Crippen molar-refractivity contribution in [3.05, 3.63) is 36.0 Å². The van der Waals surface area contributed by atoms with E-state index in [1.807, 2.05) is 37.4 Å². The molecule has 18 heavy (non-hydrogen) atoms. The highest BCUT2D eigenvalue weighted by molar-refractivity contribution is 6.06. The van der Waals surface area contributed by atoms with Crippen molar-refractivity contribution in [3.63, 3.8) is 0 Å². The zero-order chi connectivity index (χ0) is 13.0. The standard InChI is InChI=1S/C14H18N2O2/c1-2-8-16(9-10-17)14(18)12-4-3-5-13-11(12)6-7-15-13/h3-7,15,17H,2,8-10H2,1H3. The van der Waals surface area contributed by atoms with E-state index in [-0.39, 0.29) is 12.5 Å². The molecule has 2 rings (SSSR count). The topological polar surface area (TPSA) is 56.3 Å². The molecular formula is C14H18N2O2. The van der Waals surface area contributed by atoms with Gasteiger partial charge in [0.2, 0.25) is 0 Å². The van der Waals surface area contributed by atoms with Crippen LogP contribution < -0.4 is 0 Å². The van der Waals surface area contributed by atoms with Crippen molar-refractivity contribution in [1.82, 2.24) is 9.88 Å². The monoisotopic (exact) mass is 246 g/mol. The van der Waals surface area contributed by atoms with Crippen LogP contribution in [0.5, 0.6) is 0 Å². The second kappa shape index (κ2) is 5.69. The smallest absolute Gasteiger partial charge is 0.254 e. The predicted molar refractivity (Wildman–Crippen MR) is 71.6 cm³/mol. The van der Waals surface area contributed by atoms with E-state index in [1.54, 1.807) is 4.90 Å². The SMILES string of the molecule is CCCN(CCO)C(=O)c1cccc2[nH]ccc12. The van der Waals surface area contributed by atoms with E-state index in [1.165, 1.54) is 0 Å². The molecule has 1 amide bonds. The van der Waals surface area contributed by atoms with Gasteiger partial charge in [0.05, 0.1) is 6.61 Å². The maximum absolute atomic E-state index is 12.4. The normalized spacial score (nSPS) is 10.8. The van der Waals surface area contributed by atoms with E-state index in [0.29, 0.717) is 18.7 Å². The minimum Gasteiger partial charge on any atom is -0.395 e. The predicted octanol–water partition coefficient (Wildman–Crippen LogP) is 2.01. The number of aromatic nitrogens is 1. The lowest BCUT2D eigenvalue weighted by Gasteiger charge is -2.21. The van der Waals surface area contributed by atoms with Crippen LogP contribution in [0, 0.1) is 0 Å². The summed E-state index contributed by atoms with van der Waals surface area (Å²) in [6.45, 7) is 3.07. The Morgan fingerprint density at radius 3 is 2.89 bits per heavy atom. The zero-order valence-electron chi connectivity index (χ0n) is 10.5. The lowest BCUT2D eigenvalue weighted by molar-refractivity contribution is 0.0724. The molecule has 0 atom stereocenters. The van der Waals surface area contributed by atoms with Crippen molar-refractivity contribution in [3.8, 4) is 0 Å². The molecule has 0 fully saturated rings. The van der Waals surface area contributed by atoms with Gasteiger partial charge < -0.3 is 15.0 Å². The molecule has 0 unspecified atom stereocenters. The molecule has 0 saturated carbocycles. The first kappa shape index (κ1) is 12.6. The molecule has 0 bridgehead atoms. The third-order valence-corrected chi connectivity index (χ3v) is 2.98. The molecule has 2 N–H and O–H groups in total. The van der Waals surface area contributed by atoms with Crippen LogP contribution in [-0.2, 0) is 0 Å². The largest absolute Gasteiger partial charge is 0.395 e. The van der Waals surface area contributed by atoms with Gasteiger partial charge in [-0.1, -0.05) is 13.0 Å². The maximum Gasteiger partial charge on any atom is 0.254 e. The summed E-state index contributed by atoms with van der Waals surface area (Å²) in [6, 6.07) is 7.56. The Kier molecular flexibility index (Phi) is 3.99. The fraction of sp³-hybridized carbons (Fsp3) is 0.357. The second-order valence-corrected chi connectivity index (χ2v) is 4.26. The first-order valence-electron chi connectivity index (χ1n) is 6.24. The fourth-order valence-corrected chi connectivity index (χ4v) is 2.15. The van der Waals surface area contributed by atoms with Crippen LogP contribution in [0.3, 0.4) is 0 Å². The molecule has 0 saturated heterocycles. The van der Waals surface area contributed by atoms with Crippen molar-refractivity contribution < 1.29 is 9.90 Å². The molecule has 0 aliphatic rings. The molecule has 1 aromatic carbocycles. The highest BCUT2D eigenvalue weighted by Crippen LogP contribution is 2.19. The van der Waals surface area contributed by atoms with Crippen LogP contribution in [0.1, 0.15) is 23.7 Å². The van der Waals surface area contributed by atoms with E-state index >= 15 is 0 Å². The molecule has 96 valence electrons. The Morgan fingerprint density at radius 2 is 2.17 bits per heavy atom. The molecule has 1 heterocycles. The van der Waals surface area contributed by atoms with Gasteiger partial charge in [0.1, 0.15) is 0 Å². The fourth-order valence-electron chi connectivity index (χ4n) is 2.15. The van der Waals surface area contributed by atoms with Gasteiger partial charge in [-0.2, -0.15) is 0 Å². The summed E-state index contributed by atoms with van der Waals surface area (Å²) < 4.78 is 0. The average molecular weight is 246 g/mol. The quantitative estimate of drug-likeness (QED) is 0.848. The molecular weight excluding hydrogens is 228 g/mol. The number of hydrogen-bond acceptors (Lipinski definition) is 2. The molecule has 0 radical (unpaired) electrons. The van der Waals surface area contributed by atoms with Crippen molar-refractivity contribution in [2.45, 2.75) is 13.3 Å². The number of nitrogens with one attached hydrogen (secondary N) is 1. The lowest BCUT2D eigenvalue weighted by Crippen LogP contribution is -2.34. The second-order valence-electron chi connectivity index (χ2n) is 4.26. The van der Waals surface area contributed by atoms with Gasteiger partial charge in [-0.05, 0) is 24.6 Å². The van der Waals surface area contributed by atoms with E-state index in [4.69, 9.17) is 5.11 Å². The Bertz CT molecular complexity index is 527. The first-order valence-corrected chi connectivity index (χ1v) is 6.24. The third kappa shape index (κ3) is 2.38. The van der Waals surface area contributed by atoms with Crippen molar-refractivity contribution >= 4 is 16.8 Å². The summed E-state index contributed by atoms with van der Waals surface area (Å²) in [4.78, 5) is 17.2. The maximum atomic E-state index is 12.4. The van der Waals surface area contributed by atoms with E-state index in [9.17, 15) is 4.79 Å². The number of amides is 1. The van der Waals surface area contributed by atoms with Gasteiger partial charge in [-0.15, -0.1) is 0 Å². The Balaban J connectivity index is 2.34. The summed E-state index contributed by atoms with van der Waals surface area (Å²) in [5.74, 6) is -0.0175. The number of hydrogen-bond donors (Lipinski definition) is 2. The van der Waals surface area contributed by atoms with Crippen LogP contribution in [-0.4, -0.2) is 40.6 Å². The van der Waals surface area contributed by atoms with Gasteiger partial charge in [-0.25, -0.2) is 0 Å². The summed E-state index contributed by atoms with van der Waals surface area (Å²) in [5.41, 5.74) is 1.65. The van der Waals surface area contributed by atoms with E-state index in [2.05, 4.69) is 4.98 Å². The van der Waals surface area contributed by atoms with E-state index in [0.717, 1.165) is 17.3 Å². The Labute approximate surface area is 106 Å². The van der Waals surface area contributed by atoms with Crippen molar-refractivity contribution in [2.24, 2.45) is 0 Å². The van der Waals surface area contributed by atoms with Crippen molar-refractivity contribution in [2.75, 3.05) is 19.7 Å². The molecule has 2 aromatic rings. The number of aromatic amines is 1. The number of carbonyl (C=O) groups is 1. The third-order valence-electron chi connectivity index (χ3n) is 2.98. The summed E-state index contributed by atoms with van der Waals surface area (Å²) in [7, 11) is 0. The molecule has 0 aliphatic heterocycles. The molecule has 4 heteroatoms. The summed E-state index contributed by atoms with van der Waals surface area (Å²) in [5, 5.41) is 9.96. The van der Waals surface area contributed by atoms with Crippen LogP contribution >= 0.6 is 0 Å². The van der Waals surface area contributed by atoms with Gasteiger partial charge in [0.25, 0.3) is 5.91 Å². The van der Waals surface area contributed by atoms with Gasteiger partial charge in [-0.3, -0.25) is 4.79 Å². The number of H-pyrrole nitrogens is 1. The lowest BCUT2D eigenvalue weighted by atomic mass is 10.1. The van der Waals surface area contributed by atoms with Gasteiger partial charge in [0.15, 0.2) is 0 Å². The molecule has 4 nitrogen and oxygen atoms in total. The Hall–Kier alpha value is -1.81. The number of nitrogens with zero attached hydrogens (tertiary/aromatic N) is 1. The van der Waals surface area contributed by atoms with Crippen LogP contribution in [0.25, 0.3) is 10.9 Å². The number of benzene rings is 1. The number of rotatable bonds is 5. The van der Waals surface area contributed by atoms with Crippen molar-refractivity contribution in [1.29, 1.82) is 0 Å². The summed E-state index contributed by atoms with van der Waals surface area (Å²) >= 11 is 0. The van der Waals surface area contributed by atoms with Crippen LogP contribution in [0.15, 0.2) is 30.5 Å². The molecule has 1 aromatic heterocycles. The zero-order valence-corrected chi connectivity index (χ0v) is 10.5. The Morgan fingerprint density at radius 1 is 1.33 bits per heavy atom. The average Bonchev–Trinajstić information content (AvgIpc) is 2.85. The molecule has 0 spiro atoms. The summed E-state index contributed by atoms with van der Waals surface area (Å²) in [6.07, 6.45) is 2.71. The highest BCUT2D eigenvalue weighted by atomic mass is 16.3. The minimum absolute atomic E-state index is 0.00511. The first-order chi connectivity index (χ1) is 8.77. The highest BCUT2D eigenvalue weighted by Gasteiger charge is 2.16. The number of aliphatic hydroxyl groups excluding tert-OH is 1. The molecule has 0 aliphatic carbocycles. The van der Waals surface area contributed by atoms with Gasteiger partial charge >= 0.3 is 0 Å². The van der Waals surface area contributed by atoms with Gasteiger partial charge in [0, 0.05) is 35.8 Å². The number of carbonyl (C=O) groups excluding carboxylic acids is 1. The van der Waals surface area contributed by atoms with Crippen LogP contribution in [0.2, 0.25) is 0 Å².